The third-order valence-corrected chi connectivity index (χ3v) is 2.87. The third-order valence-electron chi connectivity index (χ3n) is 2.87. The highest BCUT2D eigenvalue weighted by Crippen LogP contribution is 2.16. The molecule has 0 saturated heterocycles. The van der Waals surface area contributed by atoms with Crippen LogP contribution in [0.25, 0.3) is 6.08 Å². The quantitative estimate of drug-likeness (QED) is 0.632. The number of nitrogens with zero attached hydrogens (tertiary/aromatic N) is 1. The molecule has 0 saturated carbocycles. The van der Waals surface area contributed by atoms with Crippen molar-refractivity contribution in [3.8, 4) is 11.5 Å². The molecule has 23 heavy (non-hydrogen) atoms. The smallest absolute Gasteiger partial charge is 0.277 e. The number of carbonyl (C=O) groups is 1. The largest absolute Gasteiger partial charge is 0.497 e. The fourth-order valence-electron chi connectivity index (χ4n) is 1.72. The molecule has 0 heterocycles. The Morgan fingerprint density at radius 2 is 1.78 bits per heavy atom. The highest BCUT2D eigenvalue weighted by atomic mass is 16.5. The number of hydrogen-bond donors (Lipinski definition) is 1. The molecule has 0 aliphatic heterocycles. The van der Waals surface area contributed by atoms with E-state index in [1.807, 2.05) is 36.4 Å². The Morgan fingerprint density at radius 1 is 1.09 bits per heavy atom. The lowest BCUT2D eigenvalue weighted by molar-refractivity contribution is -0.123. The summed E-state index contributed by atoms with van der Waals surface area (Å²) < 4.78 is 10.4. The van der Waals surface area contributed by atoms with Crippen LogP contribution in [-0.2, 0) is 4.79 Å². The van der Waals surface area contributed by atoms with Gasteiger partial charge in [0.1, 0.15) is 11.5 Å². The number of amides is 1. The van der Waals surface area contributed by atoms with Crippen LogP contribution in [0.4, 0.5) is 0 Å². The highest BCUT2D eigenvalue weighted by molar-refractivity contribution is 5.81. The Bertz CT molecular complexity index is 664. The molecule has 5 nitrogen and oxygen atoms in total. The molecule has 0 unspecified atom stereocenters. The second kappa shape index (κ2) is 9.04. The molecule has 1 amide bonds. The van der Waals surface area contributed by atoms with Crippen molar-refractivity contribution >= 4 is 18.2 Å². The Hall–Kier alpha value is -3.08. The topological polar surface area (TPSA) is 59.9 Å². The Kier molecular flexibility index (Phi) is 6.41. The number of carbonyl (C=O) groups excluding carboxylic acids is 1. The lowest BCUT2D eigenvalue weighted by atomic mass is 10.2. The molecule has 0 radical (unpaired) electrons. The van der Waals surface area contributed by atoms with Crippen molar-refractivity contribution in [2.45, 2.75) is 0 Å². The van der Waals surface area contributed by atoms with Crippen LogP contribution in [-0.4, -0.2) is 25.8 Å². The maximum atomic E-state index is 11.6. The summed E-state index contributed by atoms with van der Waals surface area (Å²) in [4.78, 5) is 11.6. The number of nitrogens with one attached hydrogen (secondary N) is 1. The van der Waals surface area contributed by atoms with Gasteiger partial charge in [-0.15, -0.1) is 0 Å². The van der Waals surface area contributed by atoms with Crippen molar-refractivity contribution in [2.24, 2.45) is 5.10 Å². The van der Waals surface area contributed by atoms with E-state index in [-0.39, 0.29) is 12.5 Å². The monoisotopic (exact) mass is 310 g/mol. The van der Waals surface area contributed by atoms with Gasteiger partial charge in [0.05, 0.1) is 7.11 Å². The van der Waals surface area contributed by atoms with Crippen LogP contribution < -0.4 is 14.9 Å². The number of hydrogen-bond acceptors (Lipinski definition) is 4. The van der Waals surface area contributed by atoms with Crippen LogP contribution >= 0.6 is 0 Å². The van der Waals surface area contributed by atoms with Crippen LogP contribution in [0.3, 0.4) is 0 Å². The summed E-state index contributed by atoms with van der Waals surface area (Å²) >= 11 is 0. The molecular weight excluding hydrogens is 292 g/mol. The molecule has 0 fully saturated rings. The van der Waals surface area contributed by atoms with E-state index in [0.29, 0.717) is 5.75 Å². The van der Waals surface area contributed by atoms with Gasteiger partial charge in [0, 0.05) is 6.21 Å². The summed E-state index contributed by atoms with van der Waals surface area (Å²) in [6, 6.07) is 16.8. The number of rotatable bonds is 7. The zero-order valence-corrected chi connectivity index (χ0v) is 12.8. The molecule has 0 bridgehead atoms. The molecule has 0 aliphatic rings. The molecule has 5 heteroatoms. The van der Waals surface area contributed by atoms with Gasteiger partial charge < -0.3 is 9.47 Å². The van der Waals surface area contributed by atoms with E-state index in [9.17, 15) is 4.79 Å². The first kappa shape index (κ1) is 16.3. The van der Waals surface area contributed by atoms with E-state index < -0.39 is 0 Å². The Morgan fingerprint density at radius 3 is 2.48 bits per heavy atom. The number of methoxy groups -OCH3 is 1. The average Bonchev–Trinajstić information content (AvgIpc) is 2.61. The van der Waals surface area contributed by atoms with E-state index in [0.717, 1.165) is 11.3 Å². The number of allylic oxidation sites excluding steroid dienone is 1. The molecule has 0 spiro atoms. The molecule has 0 atom stereocenters. The zero-order chi connectivity index (χ0) is 16.3. The van der Waals surface area contributed by atoms with Gasteiger partial charge >= 0.3 is 0 Å². The summed E-state index contributed by atoms with van der Waals surface area (Å²) in [7, 11) is 1.59. The summed E-state index contributed by atoms with van der Waals surface area (Å²) in [6.45, 7) is -0.105. The van der Waals surface area contributed by atoms with E-state index >= 15 is 0 Å². The number of ether oxygens (including phenoxy) is 2. The summed E-state index contributed by atoms with van der Waals surface area (Å²) in [5, 5.41) is 3.81. The van der Waals surface area contributed by atoms with Crippen LogP contribution in [0.5, 0.6) is 11.5 Å². The van der Waals surface area contributed by atoms with Crippen molar-refractivity contribution < 1.29 is 14.3 Å². The van der Waals surface area contributed by atoms with Gasteiger partial charge in [0.2, 0.25) is 0 Å². The Labute approximate surface area is 135 Å². The number of benzene rings is 2. The van der Waals surface area contributed by atoms with E-state index in [1.165, 1.54) is 6.21 Å². The van der Waals surface area contributed by atoms with Gasteiger partial charge in [0.15, 0.2) is 6.61 Å². The van der Waals surface area contributed by atoms with Crippen LogP contribution in [0.2, 0.25) is 0 Å². The fourth-order valence-corrected chi connectivity index (χ4v) is 1.72. The van der Waals surface area contributed by atoms with Crippen LogP contribution in [0.15, 0.2) is 65.8 Å². The van der Waals surface area contributed by atoms with Crippen molar-refractivity contribution in [2.75, 3.05) is 13.7 Å². The zero-order valence-electron chi connectivity index (χ0n) is 12.8. The van der Waals surface area contributed by atoms with Gasteiger partial charge in [0.25, 0.3) is 5.91 Å². The second-order valence-electron chi connectivity index (χ2n) is 4.55. The standard InChI is InChI=1S/C18H18N2O3/c1-22-16-9-11-17(12-10-16)23-14-18(21)20-19-13-5-8-15-6-3-2-4-7-15/h2-13H,14H2,1H3,(H,20,21)/b8-5+,19-13-. The SMILES string of the molecule is COc1ccc(OCC(=O)N/N=C\C=C\c2ccccc2)cc1. The van der Waals surface area contributed by atoms with Gasteiger partial charge in [-0.3, -0.25) is 4.79 Å². The first-order valence-corrected chi connectivity index (χ1v) is 7.08. The summed E-state index contributed by atoms with van der Waals surface area (Å²) in [6.07, 6.45) is 5.15. The fraction of sp³-hybridized carbons (Fsp3) is 0.111. The van der Waals surface area contributed by atoms with Gasteiger partial charge in [-0.25, -0.2) is 5.43 Å². The minimum Gasteiger partial charge on any atom is -0.497 e. The van der Waals surface area contributed by atoms with Gasteiger partial charge in [-0.1, -0.05) is 36.4 Å². The minimum atomic E-state index is -0.329. The normalized spacial score (nSPS) is 10.8. The summed E-state index contributed by atoms with van der Waals surface area (Å²) in [5.41, 5.74) is 3.45. The van der Waals surface area contributed by atoms with Crippen molar-refractivity contribution in [1.82, 2.24) is 5.43 Å². The molecular formula is C18H18N2O3. The molecule has 1 N–H and O–H groups in total. The lowest BCUT2D eigenvalue weighted by Crippen LogP contribution is -2.24. The number of hydrazone groups is 1. The summed E-state index contributed by atoms with van der Waals surface area (Å²) in [5.74, 6) is 0.996. The predicted octanol–water partition coefficient (Wildman–Crippen LogP) is 2.89. The maximum Gasteiger partial charge on any atom is 0.277 e. The molecule has 0 aromatic heterocycles. The maximum absolute atomic E-state index is 11.6. The Balaban J connectivity index is 1.70. The van der Waals surface area contributed by atoms with E-state index in [4.69, 9.17) is 9.47 Å². The first-order chi connectivity index (χ1) is 11.3. The minimum absolute atomic E-state index is 0.105. The van der Waals surface area contributed by atoms with Crippen molar-refractivity contribution in [3.05, 3.63) is 66.2 Å². The van der Waals surface area contributed by atoms with E-state index in [2.05, 4.69) is 10.5 Å². The molecule has 0 aliphatic carbocycles. The average molecular weight is 310 g/mol. The van der Waals surface area contributed by atoms with Gasteiger partial charge in [-0.05, 0) is 35.9 Å². The van der Waals surface area contributed by atoms with Gasteiger partial charge in [-0.2, -0.15) is 5.10 Å². The van der Waals surface area contributed by atoms with Crippen molar-refractivity contribution in [1.29, 1.82) is 0 Å². The first-order valence-electron chi connectivity index (χ1n) is 7.08. The van der Waals surface area contributed by atoms with Crippen molar-refractivity contribution in [3.63, 3.8) is 0 Å². The molecule has 118 valence electrons. The van der Waals surface area contributed by atoms with E-state index in [1.54, 1.807) is 37.5 Å². The molecule has 2 aromatic carbocycles. The molecule has 2 aromatic rings. The third kappa shape index (κ3) is 6.05. The predicted molar refractivity (Wildman–Crippen MR) is 90.6 cm³/mol. The highest BCUT2D eigenvalue weighted by Gasteiger charge is 2.01. The lowest BCUT2D eigenvalue weighted by Gasteiger charge is -2.05. The van der Waals surface area contributed by atoms with Crippen LogP contribution in [0, 0.1) is 0 Å². The second-order valence-corrected chi connectivity index (χ2v) is 4.55. The molecule has 2 rings (SSSR count). The van der Waals surface area contributed by atoms with Crippen LogP contribution in [0.1, 0.15) is 5.56 Å².